The van der Waals surface area contributed by atoms with Gasteiger partial charge in [-0.25, -0.2) is 10.0 Å². The van der Waals surface area contributed by atoms with E-state index in [1.165, 1.54) is 68.3 Å². The van der Waals surface area contributed by atoms with E-state index < -0.39 is 10.0 Å². The fourth-order valence-electron chi connectivity index (χ4n) is 12.1. The third-order valence-electron chi connectivity index (χ3n) is 13.7. The molecule has 0 aromatic heterocycles. The first-order valence-corrected chi connectivity index (χ1v) is 22.3. The topological polar surface area (TPSA) is 6.48 Å². The Morgan fingerprint density at radius 1 is 0.650 bits per heavy atom. The van der Waals surface area contributed by atoms with Crippen LogP contribution in [0.3, 0.4) is 0 Å². The van der Waals surface area contributed by atoms with Crippen LogP contribution < -0.4 is 0 Å². The Morgan fingerprint density at radius 2 is 1.32 bits per heavy atom. The van der Waals surface area contributed by atoms with Gasteiger partial charge in [-0.1, -0.05) is 33.1 Å². The van der Waals surface area contributed by atoms with Crippen LogP contribution in [0, 0.1) is 41.4 Å². The molecule has 6 rings (SSSR count). The fourth-order valence-corrected chi connectivity index (χ4v) is 19.7. The van der Waals surface area contributed by atoms with Crippen molar-refractivity contribution in [1.29, 1.82) is 0 Å². The van der Waals surface area contributed by atoms with Crippen molar-refractivity contribution in [1.82, 2.24) is 9.80 Å². The number of nitrogens with zero attached hydrogens (tertiary/aromatic N) is 2. The monoisotopic (exact) mass is 608 g/mol. The zero-order valence-corrected chi connectivity index (χ0v) is 29.4. The van der Waals surface area contributed by atoms with Gasteiger partial charge in [0.05, 0.1) is 0 Å². The molecule has 1 saturated heterocycles. The molecule has 6 aliphatic rings. The quantitative estimate of drug-likeness (QED) is 0.194. The van der Waals surface area contributed by atoms with Gasteiger partial charge in [-0.2, -0.15) is 23.5 Å². The van der Waals surface area contributed by atoms with Crippen LogP contribution in [-0.4, -0.2) is 94.6 Å². The lowest BCUT2D eigenvalue weighted by molar-refractivity contribution is 0.00356. The van der Waals surface area contributed by atoms with E-state index in [0.29, 0.717) is 0 Å². The molecule has 1 heterocycles. The van der Waals surface area contributed by atoms with E-state index in [2.05, 4.69) is 67.5 Å². The number of fused-ring (bicyclic) bond motifs is 3. The molecule has 5 aliphatic carbocycles. The molecule has 6 fully saturated rings. The van der Waals surface area contributed by atoms with E-state index in [4.69, 9.17) is 0 Å². The smallest absolute Gasteiger partial charge is 0.0123 e. The maximum atomic E-state index is 2.96. The van der Waals surface area contributed by atoms with Crippen molar-refractivity contribution >= 4 is 33.6 Å². The van der Waals surface area contributed by atoms with Crippen molar-refractivity contribution < 1.29 is 0 Å². The minimum Gasteiger partial charge on any atom is -0.306 e. The molecule has 12 atom stereocenters. The normalized spacial score (nSPS) is 47.4. The summed E-state index contributed by atoms with van der Waals surface area (Å²) in [5, 5.41) is 3.43. The van der Waals surface area contributed by atoms with Crippen LogP contribution in [0.25, 0.3) is 0 Å². The lowest BCUT2D eigenvalue weighted by atomic mass is 9.60. The van der Waals surface area contributed by atoms with E-state index >= 15 is 0 Å². The second-order valence-corrected chi connectivity index (χ2v) is 22.0. The van der Waals surface area contributed by atoms with Crippen molar-refractivity contribution in [3.05, 3.63) is 0 Å². The third-order valence-corrected chi connectivity index (χ3v) is 21.0. The zero-order chi connectivity index (χ0) is 27.9. The molecule has 0 bridgehead atoms. The summed E-state index contributed by atoms with van der Waals surface area (Å²) in [7, 11) is 4.38. The van der Waals surface area contributed by atoms with E-state index in [9.17, 15) is 0 Å². The number of rotatable bonds is 13. The highest BCUT2D eigenvalue weighted by Crippen LogP contribution is 2.82. The van der Waals surface area contributed by atoms with Crippen LogP contribution in [0.5, 0.6) is 0 Å². The largest absolute Gasteiger partial charge is 0.306 e. The Balaban J connectivity index is 1.14. The molecule has 12 unspecified atom stereocenters. The van der Waals surface area contributed by atoms with Gasteiger partial charge in [0.15, 0.2) is 0 Å². The summed E-state index contributed by atoms with van der Waals surface area (Å²) in [6.45, 7) is 8.66. The first-order chi connectivity index (χ1) is 19.5. The van der Waals surface area contributed by atoms with Crippen LogP contribution >= 0.6 is 33.6 Å². The Kier molecular flexibility index (Phi) is 10.5. The van der Waals surface area contributed by atoms with Crippen molar-refractivity contribution in [3.8, 4) is 0 Å². The van der Waals surface area contributed by atoms with Crippen molar-refractivity contribution in [2.45, 2.75) is 113 Å². The Hall–Kier alpha value is 0.970. The first-order valence-electron chi connectivity index (χ1n) is 17.8. The highest BCUT2D eigenvalue weighted by molar-refractivity contribution is 8.35. The summed E-state index contributed by atoms with van der Waals surface area (Å²) < 4.78 is 0. The summed E-state index contributed by atoms with van der Waals surface area (Å²) in [6, 6.07) is 0.879. The van der Waals surface area contributed by atoms with Gasteiger partial charge in [0.25, 0.3) is 0 Å². The van der Waals surface area contributed by atoms with Gasteiger partial charge in [-0.05, 0) is 153 Å². The van der Waals surface area contributed by atoms with Crippen LogP contribution in [0.1, 0.15) is 90.9 Å². The second kappa shape index (κ2) is 13.5. The van der Waals surface area contributed by atoms with E-state index in [1.54, 1.807) is 51.4 Å². The molecule has 232 valence electrons. The summed E-state index contributed by atoms with van der Waals surface area (Å²) in [6.07, 6.45) is 21.8. The maximum Gasteiger partial charge on any atom is 0.0123 e. The van der Waals surface area contributed by atoms with Crippen LogP contribution in [-0.2, 0) is 0 Å². The first kappa shape index (κ1) is 31.0. The summed E-state index contributed by atoms with van der Waals surface area (Å²) >= 11 is 4.28. The van der Waals surface area contributed by atoms with E-state index in [1.807, 2.05) is 0 Å². The molecule has 5 heteroatoms. The fraction of sp³-hybridized carbons (Fsp3) is 1.00. The zero-order valence-electron chi connectivity index (χ0n) is 26.9. The maximum absolute atomic E-state index is 2.96. The van der Waals surface area contributed by atoms with Gasteiger partial charge in [-0.3, -0.25) is 0 Å². The standard InChI is InChI=1S/C35H64N2S3/c1-6-38-21-19-37(20-22-39-7-2)18-17-25-23-34-35-26(25)13-10-14-33(35)40(34,5)32-16-15-28-27-11-8-9-12-29(27)31(36(3)4)24-30(28)32/h25-35H,6-24H2,1-5H3. The lowest BCUT2D eigenvalue weighted by Gasteiger charge is -2.69. The molecule has 2 nitrogen and oxygen atoms in total. The van der Waals surface area contributed by atoms with Gasteiger partial charge in [-0.15, -0.1) is 0 Å². The van der Waals surface area contributed by atoms with Crippen LogP contribution in [0.2, 0.25) is 0 Å². The van der Waals surface area contributed by atoms with Gasteiger partial charge >= 0.3 is 0 Å². The second-order valence-electron chi connectivity index (χ2n) is 15.2. The molecular formula is C35H64N2S3. The Morgan fingerprint density at radius 3 is 2.02 bits per heavy atom. The molecule has 0 amide bonds. The number of hydrogen-bond acceptors (Lipinski definition) is 4. The molecule has 40 heavy (non-hydrogen) atoms. The average molecular weight is 609 g/mol. The minimum atomic E-state index is -0.470. The molecular weight excluding hydrogens is 545 g/mol. The number of thioether (sulfide) groups is 2. The van der Waals surface area contributed by atoms with Gasteiger partial charge in [0.2, 0.25) is 0 Å². The van der Waals surface area contributed by atoms with Gasteiger partial charge in [0, 0.05) is 30.6 Å². The lowest BCUT2D eigenvalue weighted by Crippen LogP contribution is -2.58. The molecule has 0 N–H and O–H groups in total. The summed E-state index contributed by atoms with van der Waals surface area (Å²) in [5.41, 5.74) is 0. The average Bonchev–Trinajstić information content (AvgIpc) is 3.57. The predicted molar refractivity (Wildman–Crippen MR) is 185 cm³/mol. The molecule has 0 aromatic rings. The van der Waals surface area contributed by atoms with Gasteiger partial charge < -0.3 is 9.80 Å². The summed E-state index contributed by atoms with van der Waals surface area (Å²) in [4.78, 5) is 5.55. The van der Waals surface area contributed by atoms with Gasteiger partial charge in [0.1, 0.15) is 0 Å². The minimum absolute atomic E-state index is 0.470. The molecule has 1 aliphatic heterocycles. The van der Waals surface area contributed by atoms with Crippen LogP contribution in [0.4, 0.5) is 0 Å². The molecule has 0 radical (unpaired) electrons. The molecule has 0 spiro atoms. The Bertz CT molecular complexity index is 812. The highest BCUT2D eigenvalue weighted by Gasteiger charge is 2.68. The number of hydrogen-bond donors (Lipinski definition) is 0. The van der Waals surface area contributed by atoms with Crippen molar-refractivity contribution in [2.75, 3.05) is 63.0 Å². The molecule has 5 saturated carbocycles. The predicted octanol–water partition coefficient (Wildman–Crippen LogP) is 8.34. The highest BCUT2D eigenvalue weighted by atomic mass is 32.3. The summed E-state index contributed by atoms with van der Waals surface area (Å²) in [5.74, 6) is 12.8. The van der Waals surface area contributed by atoms with Crippen LogP contribution in [0.15, 0.2) is 0 Å². The molecule has 0 aromatic carbocycles. The van der Waals surface area contributed by atoms with E-state index in [-0.39, 0.29) is 0 Å². The third kappa shape index (κ3) is 5.62. The van der Waals surface area contributed by atoms with Crippen molar-refractivity contribution in [3.63, 3.8) is 0 Å². The Labute approximate surface area is 259 Å². The SMILES string of the molecule is CCSCCN(CCSCC)CCC1CC2C3C1CCCC3S2(C)C1CCC2C3CCCCC3C(N(C)C)CC21. The van der Waals surface area contributed by atoms with Crippen molar-refractivity contribution in [2.24, 2.45) is 41.4 Å². The van der Waals surface area contributed by atoms with E-state index in [0.717, 1.165) is 63.2 Å².